The zero-order valence-corrected chi connectivity index (χ0v) is 6.99. The fourth-order valence-corrected chi connectivity index (χ4v) is 0.974. The van der Waals surface area contributed by atoms with Crippen LogP contribution in [0.2, 0.25) is 0 Å². The van der Waals surface area contributed by atoms with Gasteiger partial charge in [0, 0.05) is 12.2 Å². The first-order chi connectivity index (χ1) is 5.77. The lowest BCUT2D eigenvalue weighted by atomic mass is 10.1. The van der Waals surface area contributed by atoms with Gasteiger partial charge in [-0.1, -0.05) is 6.92 Å². The van der Waals surface area contributed by atoms with Gasteiger partial charge in [-0.2, -0.15) is 5.26 Å². The molecule has 0 aliphatic heterocycles. The lowest BCUT2D eigenvalue weighted by Gasteiger charge is -2.07. The van der Waals surface area contributed by atoms with Gasteiger partial charge in [0.05, 0.1) is 0 Å². The van der Waals surface area contributed by atoms with Crippen molar-refractivity contribution in [1.29, 1.82) is 5.26 Å². The Kier molecular flexibility index (Phi) is 2.78. The summed E-state index contributed by atoms with van der Waals surface area (Å²) in [7, 11) is 0. The minimum absolute atomic E-state index is 0.0140. The lowest BCUT2D eigenvalue weighted by Crippen LogP contribution is -2.08. The first kappa shape index (κ1) is 8.69. The van der Waals surface area contributed by atoms with Crippen LogP contribution in [0, 0.1) is 11.3 Å². The summed E-state index contributed by atoms with van der Waals surface area (Å²) in [5.74, 6) is 0. The number of hydrogen-bond acceptors (Lipinski definition) is 3. The Morgan fingerprint density at radius 2 is 2.50 bits per heavy atom. The molecule has 12 heavy (non-hydrogen) atoms. The molecule has 62 valence electrons. The van der Waals surface area contributed by atoms with E-state index in [1.807, 2.05) is 19.1 Å². The number of rotatable bonds is 2. The second-order valence-electron chi connectivity index (χ2n) is 2.60. The highest BCUT2D eigenvalue weighted by atomic mass is 14.7. The van der Waals surface area contributed by atoms with Crippen molar-refractivity contribution in [2.24, 2.45) is 5.73 Å². The zero-order valence-electron chi connectivity index (χ0n) is 6.99. The minimum Gasteiger partial charge on any atom is -0.324 e. The zero-order chi connectivity index (χ0) is 8.97. The fourth-order valence-electron chi connectivity index (χ4n) is 0.974. The van der Waals surface area contributed by atoms with Gasteiger partial charge in [0.1, 0.15) is 11.8 Å². The molecule has 0 aromatic carbocycles. The third-order valence-electron chi connectivity index (χ3n) is 1.77. The van der Waals surface area contributed by atoms with Gasteiger partial charge in [-0.3, -0.25) is 0 Å². The largest absolute Gasteiger partial charge is 0.324 e. The molecule has 3 nitrogen and oxygen atoms in total. The molecule has 0 spiro atoms. The molecule has 2 N–H and O–H groups in total. The minimum atomic E-state index is 0.0140. The molecule has 0 bridgehead atoms. The highest BCUT2D eigenvalue weighted by molar-refractivity contribution is 5.27. The average Bonchev–Trinajstić information content (AvgIpc) is 2.17. The van der Waals surface area contributed by atoms with E-state index in [0.29, 0.717) is 5.69 Å². The highest BCUT2D eigenvalue weighted by Gasteiger charge is 2.03. The number of pyridine rings is 1. The number of aromatic nitrogens is 1. The van der Waals surface area contributed by atoms with Crippen LogP contribution in [-0.2, 0) is 0 Å². The smallest absolute Gasteiger partial charge is 0.140 e. The standard InChI is InChI=1S/C9H11N3/c1-2-9(11)7-3-4-12-8(5-7)6-10/h3-5,9H,2,11H2,1H3/t9-/m0/s1. The van der Waals surface area contributed by atoms with Crippen molar-refractivity contribution >= 4 is 0 Å². The monoisotopic (exact) mass is 161 g/mol. The summed E-state index contributed by atoms with van der Waals surface area (Å²) in [5.41, 5.74) is 7.18. The molecule has 0 saturated heterocycles. The SMILES string of the molecule is CC[C@H](N)c1ccnc(C#N)c1. The van der Waals surface area contributed by atoms with E-state index in [1.54, 1.807) is 12.3 Å². The van der Waals surface area contributed by atoms with Crippen molar-refractivity contribution in [1.82, 2.24) is 4.98 Å². The Morgan fingerprint density at radius 3 is 3.08 bits per heavy atom. The Morgan fingerprint density at radius 1 is 1.75 bits per heavy atom. The molecule has 0 unspecified atom stereocenters. The van der Waals surface area contributed by atoms with Gasteiger partial charge in [-0.05, 0) is 24.1 Å². The number of nitriles is 1. The van der Waals surface area contributed by atoms with Crippen LogP contribution in [0.25, 0.3) is 0 Å². The number of nitrogens with two attached hydrogens (primary N) is 1. The van der Waals surface area contributed by atoms with Gasteiger partial charge in [-0.15, -0.1) is 0 Å². The quantitative estimate of drug-likeness (QED) is 0.712. The van der Waals surface area contributed by atoms with E-state index in [1.165, 1.54) is 0 Å². The van der Waals surface area contributed by atoms with Crippen LogP contribution in [0.3, 0.4) is 0 Å². The van der Waals surface area contributed by atoms with Crippen molar-refractivity contribution in [3.63, 3.8) is 0 Å². The summed E-state index contributed by atoms with van der Waals surface area (Å²) in [6, 6.07) is 5.57. The van der Waals surface area contributed by atoms with Crippen LogP contribution in [0.5, 0.6) is 0 Å². The topological polar surface area (TPSA) is 62.7 Å². The summed E-state index contributed by atoms with van der Waals surface area (Å²) < 4.78 is 0. The Hall–Kier alpha value is -1.40. The van der Waals surface area contributed by atoms with Crippen molar-refractivity contribution in [3.05, 3.63) is 29.6 Å². The molecule has 0 aliphatic carbocycles. The van der Waals surface area contributed by atoms with Crippen molar-refractivity contribution in [2.45, 2.75) is 19.4 Å². The van der Waals surface area contributed by atoms with E-state index in [-0.39, 0.29) is 6.04 Å². The van der Waals surface area contributed by atoms with Crippen molar-refractivity contribution in [3.8, 4) is 6.07 Å². The highest BCUT2D eigenvalue weighted by Crippen LogP contribution is 2.12. The predicted octanol–water partition coefficient (Wildman–Crippen LogP) is 1.36. The molecule has 0 radical (unpaired) electrons. The third kappa shape index (κ3) is 1.80. The van der Waals surface area contributed by atoms with Crippen LogP contribution in [-0.4, -0.2) is 4.98 Å². The molecule has 1 atom stereocenters. The van der Waals surface area contributed by atoms with Crippen LogP contribution in [0.15, 0.2) is 18.3 Å². The fraction of sp³-hybridized carbons (Fsp3) is 0.333. The summed E-state index contributed by atoms with van der Waals surface area (Å²) in [6.45, 7) is 2.01. The van der Waals surface area contributed by atoms with E-state index >= 15 is 0 Å². The van der Waals surface area contributed by atoms with E-state index in [0.717, 1.165) is 12.0 Å². The number of nitrogens with zero attached hydrogens (tertiary/aromatic N) is 2. The Labute approximate surface area is 71.8 Å². The van der Waals surface area contributed by atoms with Crippen LogP contribution < -0.4 is 5.73 Å². The summed E-state index contributed by atoms with van der Waals surface area (Å²) in [5, 5.41) is 8.56. The molecule has 1 rings (SSSR count). The molecular weight excluding hydrogens is 150 g/mol. The van der Waals surface area contributed by atoms with Gasteiger partial charge in [0.25, 0.3) is 0 Å². The predicted molar refractivity (Wildman–Crippen MR) is 46.2 cm³/mol. The van der Waals surface area contributed by atoms with E-state index < -0.39 is 0 Å². The van der Waals surface area contributed by atoms with Crippen molar-refractivity contribution < 1.29 is 0 Å². The molecule has 0 aliphatic rings. The van der Waals surface area contributed by atoms with Gasteiger partial charge in [0.15, 0.2) is 0 Å². The van der Waals surface area contributed by atoms with Crippen LogP contribution in [0.4, 0.5) is 0 Å². The summed E-state index contributed by atoms with van der Waals surface area (Å²) in [6.07, 6.45) is 2.48. The Balaban J connectivity index is 2.95. The maximum atomic E-state index is 8.56. The first-order valence-electron chi connectivity index (χ1n) is 3.89. The second-order valence-corrected chi connectivity index (χ2v) is 2.60. The van der Waals surface area contributed by atoms with E-state index in [4.69, 9.17) is 11.0 Å². The number of hydrogen-bond donors (Lipinski definition) is 1. The summed E-state index contributed by atoms with van der Waals surface area (Å²) in [4.78, 5) is 3.86. The lowest BCUT2D eigenvalue weighted by molar-refractivity contribution is 0.697. The molecule has 3 heteroatoms. The molecule has 1 heterocycles. The molecule has 0 fully saturated rings. The second kappa shape index (κ2) is 3.84. The van der Waals surface area contributed by atoms with E-state index in [9.17, 15) is 0 Å². The first-order valence-corrected chi connectivity index (χ1v) is 3.89. The maximum Gasteiger partial charge on any atom is 0.140 e. The third-order valence-corrected chi connectivity index (χ3v) is 1.77. The average molecular weight is 161 g/mol. The van der Waals surface area contributed by atoms with Crippen LogP contribution in [0.1, 0.15) is 30.6 Å². The molecule has 1 aromatic heterocycles. The van der Waals surface area contributed by atoms with E-state index in [2.05, 4.69) is 4.98 Å². The van der Waals surface area contributed by atoms with Gasteiger partial charge < -0.3 is 5.73 Å². The molecule has 0 amide bonds. The Bertz CT molecular complexity index is 301. The van der Waals surface area contributed by atoms with Gasteiger partial charge in [0.2, 0.25) is 0 Å². The summed E-state index contributed by atoms with van der Waals surface area (Å²) >= 11 is 0. The van der Waals surface area contributed by atoms with Gasteiger partial charge in [-0.25, -0.2) is 4.98 Å². The maximum absolute atomic E-state index is 8.56. The van der Waals surface area contributed by atoms with Crippen molar-refractivity contribution in [2.75, 3.05) is 0 Å². The normalized spacial score (nSPS) is 12.1. The molecular formula is C9H11N3. The molecule has 1 aromatic rings. The van der Waals surface area contributed by atoms with Crippen LogP contribution >= 0.6 is 0 Å². The molecule has 0 saturated carbocycles. The van der Waals surface area contributed by atoms with Gasteiger partial charge >= 0.3 is 0 Å².